The van der Waals surface area contributed by atoms with E-state index in [1.807, 2.05) is 6.92 Å². The van der Waals surface area contributed by atoms with E-state index in [4.69, 9.17) is 14.5 Å². The van der Waals surface area contributed by atoms with Crippen LogP contribution in [0.4, 0.5) is 0 Å². The van der Waals surface area contributed by atoms with Crippen molar-refractivity contribution in [2.24, 2.45) is 0 Å². The number of phosphoric acid groups is 1. The molecule has 0 heterocycles. The molecule has 0 fully saturated rings. The monoisotopic (exact) mass is 378 g/mol. The minimum Gasteiger partial charge on any atom is -1.00 e. The summed E-state index contributed by atoms with van der Waals surface area (Å²) in [6.07, 6.45) is 12.9. The molecule has 0 radical (unpaired) electrons. The van der Waals surface area contributed by atoms with Crippen LogP contribution in [0.25, 0.3) is 0 Å². The second-order valence-corrected chi connectivity index (χ2v) is 7.27. The molecule has 0 amide bonds. The first-order chi connectivity index (χ1) is 10.3. The van der Waals surface area contributed by atoms with Gasteiger partial charge >= 0.3 is 59.2 Å². The molecular formula is C16H36KO5P. The standard InChI is InChI=1S/C16H35O5P.K.H/c1-4-5-6-7-8-9-10-11-12-13-14-15(2)20-16(3)21-22(17,18)19;;/h15-16H,4-14H2,1-3H3,(H2,17,18,19);;/q;+1;-1. The summed E-state index contributed by atoms with van der Waals surface area (Å²) in [5.74, 6) is 0. The molecule has 2 atom stereocenters. The Kier molecular flexibility index (Phi) is 20.1. The first-order valence-corrected chi connectivity index (χ1v) is 10.3. The summed E-state index contributed by atoms with van der Waals surface area (Å²) in [5.41, 5.74) is 0. The Labute approximate surface area is 186 Å². The number of hydrogen-bond acceptors (Lipinski definition) is 3. The van der Waals surface area contributed by atoms with Crippen molar-refractivity contribution in [3.63, 3.8) is 0 Å². The van der Waals surface area contributed by atoms with Gasteiger partial charge in [-0.15, -0.1) is 0 Å². The van der Waals surface area contributed by atoms with Crippen LogP contribution < -0.4 is 51.4 Å². The molecule has 0 aliphatic rings. The molecule has 7 heteroatoms. The van der Waals surface area contributed by atoms with Gasteiger partial charge in [-0.3, -0.25) is 4.52 Å². The van der Waals surface area contributed by atoms with Gasteiger partial charge in [-0.25, -0.2) is 4.57 Å². The summed E-state index contributed by atoms with van der Waals surface area (Å²) in [6.45, 7) is 5.66. The molecule has 0 saturated carbocycles. The molecule has 0 spiro atoms. The van der Waals surface area contributed by atoms with Crippen molar-refractivity contribution in [2.45, 2.75) is 104 Å². The molecule has 23 heavy (non-hydrogen) atoms. The Bertz CT molecular complexity index is 304. The van der Waals surface area contributed by atoms with Crippen molar-refractivity contribution in [1.29, 1.82) is 0 Å². The molecule has 136 valence electrons. The normalized spacial score (nSPS) is 14.3. The van der Waals surface area contributed by atoms with Gasteiger partial charge in [0.05, 0.1) is 6.10 Å². The van der Waals surface area contributed by atoms with E-state index >= 15 is 0 Å². The molecule has 2 unspecified atom stereocenters. The minimum atomic E-state index is -4.46. The number of rotatable bonds is 15. The van der Waals surface area contributed by atoms with Crippen LogP contribution in [0.1, 0.15) is 92.8 Å². The maximum atomic E-state index is 10.7. The van der Waals surface area contributed by atoms with Crippen LogP contribution in [-0.2, 0) is 13.8 Å². The Morgan fingerprint density at radius 1 is 0.913 bits per heavy atom. The molecule has 0 saturated heterocycles. The van der Waals surface area contributed by atoms with Crippen LogP contribution in [0, 0.1) is 0 Å². The van der Waals surface area contributed by atoms with Gasteiger partial charge in [0.2, 0.25) is 0 Å². The fourth-order valence-corrected chi connectivity index (χ4v) is 2.97. The predicted molar refractivity (Wildman–Crippen MR) is 90.7 cm³/mol. The van der Waals surface area contributed by atoms with Crippen LogP contribution in [-0.4, -0.2) is 22.2 Å². The summed E-state index contributed by atoms with van der Waals surface area (Å²) >= 11 is 0. The summed E-state index contributed by atoms with van der Waals surface area (Å²) < 4.78 is 20.5. The van der Waals surface area contributed by atoms with E-state index in [1.54, 1.807) is 0 Å². The van der Waals surface area contributed by atoms with Gasteiger partial charge in [-0.2, -0.15) is 0 Å². The molecule has 0 aromatic rings. The third kappa shape index (κ3) is 21.7. The minimum absolute atomic E-state index is 0. The van der Waals surface area contributed by atoms with Crippen molar-refractivity contribution >= 4 is 7.82 Å². The van der Waals surface area contributed by atoms with Gasteiger partial charge < -0.3 is 16.0 Å². The van der Waals surface area contributed by atoms with E-state index in [1.165, 1.54) is 64.7 Å². The molecule has 5 nitrogen and oxygen atoms in total. The first-order valence-electron chi connectivity index (χ1n) is 8.74. The van der Waals surface area contributed by atoms with Gasteiger partial charge in [-0.05, 0) is 20.3 Å². The van der Waals surface area contributed by atoms with Gasteiger partial charge in [0, 0.05) is 0 Å². The molecule has 2 N–H and O–H groups in total. The number of phosphoric ester groups is 1. The van der Waals surface area contributed by atoms with Gasteiger partial charge in [-0.1, -0.05) is 71.1 Å². The average molecular weight is 379 g/mol. The molecular weight excluding hydrogens is 342 g/mol. The predicted octanol–water partition coefficient (Wildman–Crippen LogP) is 2.27. The van der Waals surface area contributed by atoms with E-state index in [2.05, 4.69) is 11.4 Å². The summed E-state index contributed by atoms with van der Waals surface area (Å²) in [7, 11) is -4.46. The van der Waals surface area contributed by atoms with E-state index in [0.717, 1.165) is 12.8 Å². The third-order valence-electron chi connectivity index (χ3n) is 3.67. The summed E-state index contributed by atoms with van der Waals surface area (Å²) in [5, 5.41) is 0. The fourth-order valence-electron chi connectivity index (χ4n) is 2.53. The third-order valence-corrected chi connectivity index (χ3v) is 4.25. The van der Waals surface area contributed by atoms with Crippen molar-refractivity contribution in [1.82, 2.24) is 0 Å². The topological polar surface area (TPSA) is 76.0 Å². The van der Waals surface area contributed by atoms with Crippen LogP contribution in [0.2, 0.25) is 0 Å². The largest absolute Gasteiger partial charge is 1.00 e. The van der Waals surface area contributed by atoms with Crippen LogP contribution in [0.3, 0.4) is 0 Å². The van der Waals surface area contributed by atoms with Crippen molar-refractivity contribution < 1.29 is 76.4 Å². The molecule has 0 aliphatic carbocycles. The zero-order chi connectivity index (χ0) is 16.8. The van der Waals surface area contributed by atoms with Crippen LogP contribution in [0.15, 0.2) is 0 Å². The Morgan fingerprint density at radius 2 is 1.35 bits per heavy atom. The maximum absolute atomic E-state index is 10.7. The quantitative estimate of drug-likeness (QED) is 0.198. The Hall–Kier alpha value is 1.71. The second kappa shape index (κ2) is 17.1. The Balaban J connectivity index is -0.00000220. The van der Waals surface area contributed by atoms with Crippen molar-refractivity contribution in [2.75, 3.05) is 0 Å². The molecule has 0 aromatic carbocycles. The van der Waals surface area contributed by atoms with Crippen molar-refractivity contribution in [3.8, 4) is 0 Å². The molecule has 0 rings (SSSR count). The van der Waals surface area contributed by atoms with Gasteiger partial charge in [0.1, 0.15) is 0 Å². The molecule has 0 aliphatic heterocycles. The summed E-state index contributed by atoms with van der Waals surface area (Å²) in [6, 6.07) is 0. The fraction of sp³-hybridized carbons (Fsp3) is 1.00. The maximum Gasteiger partial charge on any atom is 1.00 e. The SMILES string of the molecule is CCCCCCCCCCCCC(C)OC(C)OP(=O)(O)O.[H-].[K+]. The zero-order valence-corrected chi connectivity index (χ0v) is 19.5. The van der Waals surface area contributed by atoms with Crippen LogP contribution >= 0.6 is 7.82 Å². The van der Waals surface area contributed by atoms with Crippen LogP contribution in [0.5, 0.6) is 0 Å². The van der Waals surface area contributed by atoms with E-state index in [-0.39, 0.29) is 58.9 Å². The van der Waals surface area contributed by atoms with E-state index in [9.17, 15) is 4.57 Å². The number of unbranched alkanes of at least 4 members (excludes halogenated alkanes) is 9. The summed E-state index contributed by atoms with van der Waals surface area (Å²) in [4.78, 5) is 17.3. The number of hydrogen-bond donors (Lipinski definition) is 2. The number of ether oxygens (including phenoxy) is 1. The molecule has 0 bridgehead atoms. The van der Waals surface area contributed by atoms with Gasteiger partial charge in [0.15, 0.2) is 6.29 Å². The van der Waals surface area contributed by atoms with Gasteiger partial charge in [0.25, 0.3) is 0 Å². The Morgan fingerprint density at radius 3 is 1.78 bits per heavy atom. The smallest absolute Gasteiger partial charge is 1.00 e. The van der Waals surface area contributed by atoms with E-state index in [0.29, 0.717) is 0 Å². The molecule has 0 aromatic heterocycles. The van der Waals surface area contributed by atoms with Crippen molar-refractivity contribution in [3.05, 3.63) is 0 Å². The second-order valence-electron chi connectivity index (χ2n) is 6.08. The first kappa shape index (κ1) is 26.9. The van der Waals surface area contributed by atoms with E-state index < -0.39 is 14.1 Å². The zero-order valence-electron chi connectivity index (χ0n) is 16.5. The average Bonchev–Trinajstić information content (AvgIpc) is 2.38.